The molecule has 0 unspecified atom stereocenters. The predicted molar refractivity (Wildman–Crippen MR) is 90.5 cm³/mol. The molecule has 0 N–H and O–H groups in total. The zero-order valence-corrected chi connectivity index (χ0v) is 13.4. The van der Waals surface area contributed by atoms with E-state index in [-0.39, 0.29) is 0 Å². The molecule has 1 aromatic heterocycles. The van der Waals surface area contributed by atoms with Crippen LogP contribution in [-0.2, 0) is 6.42 Å². The number of likely N-dealkylation sites (N-methyl/N-ethyl adjacent to an activating group) is 1. The average Bonchev–Trinajstić information content (AvgIpc) is 3.02. The molecule has 0 radical (unpaired) electrons. The molecular weight excluding hydrogens is 270 g/mol. The fourth-order valence-electron chi connectivity index (χ4n) is 4.10. The lowest BCUT2D eigenvalue weighted by molar-refractivity contribution is 0.403. The van der Waals surface area contributed by atoms with Crippen LogP contribution in [0, 0.1) is 6.92 Å². The molecule has 0 amide bonds. The Morgan fingerprint density at radius 3 is 2.77 bits per heavy atom. The molecule has 0 spiro atoms. The molecule has 3 nitrogen and oxygen atoms in total. The molecule has 1 fully saturated rings. The lowest BCUT2D eigenvalue weighted by Crippen LogP contribution is -2.37. The van der Waals surface area contributed by atoms with Crippen LogP contribution in [0.15, 0.2) is 42.7 Å². The summed E-state index contributed by atoms with van der Waals surface area (Å²) >= 11 is 0. The normalized spacial score (nSPS) is 23.6. The van der Waals surface area contributed by atoms with Crippen molar-refractivity contribution >= 4 is 5.69 Å². The first-order valence-electron chi connectivity index (χ1n) is 8.17. The van der Waals surface area contributed by atoms with E-state index in [4.69, 9.17) is 0 Å². The number of hydrogen-bond acceptors (Lipinski definition) is 3. The minimum atomic E-state index is 0.642. The summed E-state index contributed by atoms with van der Waals surface area (Å²) in [5.41, 5.74) is 5.77. The lowest BCUT2D eigenvalue weighted by atomic mass is 9.97. The molecular formula is C19H23N3. The number of likely N-dealkylation sites (tertiary alicyclic amines) is 1. The van der Waals surface area contributed by atoms with E-state index in [9.17, 15) is 0 Å². The van der Waals surface area contributed by atoms with Crippen molar-refractivity contribution in [2.75, 3.05) is 31.6 Å². The van der Waals surface area contributed by atoms with Gasteiger partial charge in [0.25, 0.3) is 0 Å². The quantitative estimate of drug-likeness (QED) is 0.867. The molecule has 1 saturated heterocycles. The Labute approximate surface area is 132 Å². The molecule has 2 aliphatic heterocycles. The van der Waals surface area contributed by atoms with Gasteiger partial charge in [-0.3, -0.25) is 4.98 Å². The van der Waals surface area contributed by atoms with Crippen LogP contribution >= 0.6 is 0 Å². The van der Waals surface area contributed by atoms with Crippen LogP contribution in [0.1, 0.15) is 22.6 Å². The highest BCUT2D eigenvalue weighted by Crippen LogP contribution is 2.44. The van der Waals surface area contributed by atoms with Gasteiger partial charge in [-0.05, 0) is 49.7 Å². The first-order chi connectivity index (χ1) is 10.7. The summed E-state index contributed by atoms with van der Waals surface area (Å²) in [6.07, 6.45) is 4.87. The van der Waals surface area contributed by atoms with Crippen molar-refractivity contribution in [3.63, 3.8) is 0 Å². The largest absolute Gasteiger partial charge is 0.366 e. The Morgan fingerprint density at radius 2 is 1.95 bits per heavy atom. The number of rotatable bonds is 3. The molecule has 0 aliphatic carbocycles. The summed E-state index contributed by atoms with van der Waals surface area (Å²) in [7, 11) is 2.24. The first kappa shape index (κ1) is 13.8. The zero-order valence-electron chi connectivity index (χ0n) is 13.4. The van der Waals surface area contributed by atoms with E-state index in [2.05, 4.69) is 59.1 Å². The summed E-state index contributed by atoms with van der Waals surface area (Å²) in [5.74, 6) is 0.678. The summed E-state index contributed by atoms with van der Waals surface area (Å²) in [6.45, 7) is 5.66. The standard InChI is InChI=1S/C19H23N3/c1-14-3-4-18-16(11-14)17-12-21(2)13-19(17)22(18)10-7-15-5-8-20-9-6-15/h3-6,8-9,11,17,19H,7,10,12-13H2,1-2H3/t17-,19-/m1/s1. The van der Waals surface area contributed by atoms with Crippen molar-refractivity contribution in [2.45, 2.75) is 25.3 Å². The number of anilines is 1. The van der Waals surface area contributed by atoms with Gasteiger partial charge in [0.1, 0.15) is 0 Å². The van der Waals surface area contributed by atoms with Gasteiger partial charge in [0.2, 0.25) is 0 Å². The van der Waals surface area contributed by atoms with Crippen LogP contribution in [0.3, 0.4) is 0 Å². The van der Waals surface area contributed by atoms with Gasteiger partial charge in [-0.25, -0.2) is 0 Å². The second-order valence-electron chi connectivity index (χ2n) is 6.76. The van der Waals surface area contributed by atoms with Gasteiger partial charge in [0, 0.05) is 49.7 Å². The van der Waals surface area contributed by atoms with Crippen molar-refractivity contribution in [2.24, 2.45) is 0 Å². The van der Waals surface area contributed by atoms with Crippen molar-refractivity contribution in [1.29, 1.82) is 0 Å². The molecule has 114 valence electrons. The maximum atomic E-state index is 4.11. The van der Waals surface area contributed by atoms with E-state index >= 15 is 0 Å². The van der Waals surface area contributed by atoms with Crippen LogP contribution < -0.4 is 4.90 Å². The molecule has 4 rings (SSSR count). The second-order valence-corrected chi connectivity index (χ2v) is 6.76. The molecule has 2 aromatic rings. The fraction of sp³-hybridized carbons (Fsp3) is 0.421. The van der Waals surface area contributed by atoms with Crippen LogP contribution in [0.25, 0.3) is 0 Å². The van der Waals surface area contributed by atoms with E-state index < -0.39 is 0 Å². The Hall–Kier alpha value is -1.87. The minimum Gasteiger partial charge on any atom is -0.366 e. The topological polar surface area (TPSA) is 19.4 Å². The number of pyridine rings is 1. The minimum absolute atomic E-state index is 0.642. The Bertz CT molecular complexity index is 668. The number of nitrogens with zero attached hydrogens (tertiary/aromatic N) is 3. The highest BCUT2D eigenvalue weighted by Gasteiger charge is 2.43. The summed E-state index contributed by atoms with van der Waals surface area (Å²) in [5, 5.41) is 0. The molecule has 2 atom stereocenters. The summed E-state index contributed by atoms with van der Waals surface area (Å²) in [6, 6.07) is 11.9. The maximum Gasteiger partial charge on any atom is 0.0498 e. The van der Waals surface area contributed by atoms with Crippen molar-refractivity contribution in [3.8, 4) is 0 Å². The molecule has 3 heteroatoms. The maximum absolute atomic E-state index is 4.11. The second kappa shape index (κ2) is 5.40. The van der Waals surface area contributed by atoms with Gasteiger partial charge in [-0.2, -0.15) is 0 Å². The Morgan fingerprint density at radius 1 is 1.14 bits per heavy atom. The van der Waals surface area contributed by atoms with Crippen LogP contribution in [-0.4, -0.2) is 42.6 Å². The monoisotopic (exact) mass is 293 g/mol. The fourth-order valence-corrected chi connectivity index (χ4v) is 4.10. The van der Waals surface area contributed by atoms with Gasteiger partial charge < -0.3 is 9.80 Å². The molecule has 22 heavy (non-hydrogen) atoms. The SMILES string of the molecule is Cc1ccc2c(c1)[C@H]1CN(C)C[C@H]1N2CCc1ccncc1. The molecule has 0 bridgehead atoms. The number of benzene rings is 1. The van der Waals surface area contributed by atoms with Gasteiger partial charge >= 0.3 is 0 Å². The van der Waals surface area contributed by atoms with Gasteiger partial charge in [-0.1, -0.05) is 17.7 Å². The number of fused-ring (bicyclic) bond motifs is 3. The van der Waals surface area contributed by atoms with Crippen molar-refractivity contribution in [3.05, 3.63) is 59.4 Å². The summed E-state index contributed by atoms with van der Waals surface area (Å²) in [4.78, 5) is 9.23. The number of aryl methyl sites for hydroxylation is 1. The van der Waals surface area contributed by atoms with E-state index in [1.807, 2.05) is 12.4 Å². The molecule has 0 saturated carbocycles. The summed E-state index contributed by atoms with van der Waals surface area (Å²) < 4.78 is 0. The van der Waals surface area contributed by atoms with Crippen LogP contribution in [0.4, 0.5) is 5.69 Å². The van der Waals surface area contributed by atoms with E-state index in [0.717, 1.165) is 13.0 Å². The third kappa shape index (κ3) is 2.30. The van der Waals surface area contributed by atoms with E-state index in [1.54, 1.807) is 5.56 Å². The Balaban J connectivity index is 1.61. The number of aromatic nitrogens is 1. The van der Waals surface area contributed by atoms with Gasteiger partial charge in [0.15, 0.2) is 0 Å². The molecule has 3 heterocycles. The molecule has 1 aromatic carbocycles. The smallest absolute Gasteiger partial charge is 0.0498 e. The van der Waals surface area contributed by atoms with E-state index in [0.29, 0.717) is 12.0 Å². The zero-order chi connectivity index (χ0) is 15.1. The average molecular weight is 293 g/mol. The Kier molecular flexibility index (Phi) is 3.38. The molecule has 2 aliphatic rings. The predicted octanol–water partition coefficient (Wildman–Crippen LogP) is 2.85. The third-order valence-electron chi connectivity index (χ3n) is 5.15. The number of hydrogen-bond donors (Lipinski definition) is 0. The third-order valence-corrected chi connectivity index (χ3v) is 5.15. The van der Waals surface area contributed by atoms with Crippen molar-refractivity contribution in [1.82, 2.24) is 9.88 Å². The highest BCUT2D eigenvalue weighted by molar-refractivity contribution is 5.64. The van der Waals surface area contributed by atoms with Crippen LogP contribution in [0.5, 0.6) is 0 Å². The highest BCUT2D eigenvalue weighted by atomic mass is 15.3. The van der Waals surface area contributed by atoms with Crippen molar-refractivity contribution < 1.29 is 0 Å². The first-order valence-corrected chi connectivity index (χ1v) is 8.17. The van der Waals surface area contributed by atoms with Crippen LogP contribution in [0.2, 0.25) is 0 Å². The van der Waals surface area contributed by atoms with E-state index in [1.165, 1.54) is 29.9 Å². The van der Waals surface area contributed by atoms with Gasteiger partial charge in [-0.15, -0.1) is 0 Å². The van der Waals surface area contributed by atoms with Gasteiger partial charge in [0.05, 0.1) is 0 Å². The lowest BCUT2D eigenvalue weighted by Gasteiger charge is -2.27.